The molecule has 2 rings (SSSR count). The van der Waals surface area contributed by atoms with Crippen LogP contribution in [0.15, 0.2) is 48.5 Å². The van der Waals surface area contributed by atoms with E-state index in [1.165, 1.54) is 18.2 Å². The number of nitrogens with one attached hydrogen (secondary N) is 2. The molecular formula is C20H23F3N2O2. The van der Waals surface area contributed by atoms with E-state index < -0.39 is 17.6 Å². The third kappa shape index (κ3) is 6.29. The summed E-state index contributed by atoms with van der Waals surface area (Å²) in [7, 11) is 0. The van der Waals surface area contributed by atoms with Gasteiger partial charge >= 0.3 is 6.18 Å². The predicted octanol–water partition coefficient (Wildman–Crippen LogP) is 4.61. The zero-order valence-electron chi connectivity index (χ0n) is 15.3. The molecule has 0 aliphatic carbocycles. The molecule has 1 unspecified atom stereocenters. The lowest BCUT2D eigenvalue weighted by molar-refractivity contribution is -0.137. The summed E-state index contributed by atoms with van der Waals surface area (Å²) in [4.78, 5) is 12.1. The Kier molecular flexibility index (Phi) is 7.24. The molecule has 27 heavy (non-hydrogen) atoms. The number of ether oxygens (including phenoxy) is 1. The van der Waals surface area contributed by atoms with Gasteiger partial charge in [-0.05, 0) is 32.0 Å². The van der Waals surface area contributed by atoms with Crippen molar-refractivity contribution in [1.82, 2.24) is 5.32 Å². The van der Waals surface area contributed by atoms with E-state index in [9.17, 15) is 18.0 Å². The van der Waals surface area contributed by atoms with Crippen molar-refractivity contribution in [2.75, 3.05) is 11.9 Å². The first-order valence-corrected chi connectivity index (χ1v) is 8.71. The molecule has 7 heteroatoms. The van der Waals surface area contributed by atoms with Crippen molar-refractivity contribution in [3.05, 3.63) is 59.7 Å². The molecule has 1 atom stereocenters. The number of hydrogen-bond acceptors (Lipinski definition) is 3. The van der Waals surface area contributed by atoms with Crippen LogP contribution < -0.4 is 15.4 Å². The molecule has 0 spiro atoms. The highest BCUT2D eigenvalue weighted by Gasteiger charge is 2.33. The van der Waals surface area contributed by atoms with Gasteiger partial charge in [0, 0.05) is 24.6 Å². The van der Waals surface area contributed by atoms with Gasteiger partial charge in [0.25, 0.3) is 0 Å². The van der Waals surface area contributed by atoms with E-state index in [1.807, 2.05) is 31.2 Å². The summed E-state index contributed by atoms with van der Waals surface area (Å²) in [6.07, 6.45) is -4.47. The van der Waals surface area contributed by atoms with Crippen LogP contribution in [0.1, 0.15) is 31.4 Å². The molecule has 146 valence electrons. The van der Waals surface area contributed by atoms with Gasteiger partial charge in [-0.15, -0.1) is 0 Å². The molecule has 2 N–H and O–H groups in total. The Morgan fingerprint density at radius 2 is 1.78 bits per heavy atom. The second kappa shape index (κ2) is 9.41. The SMILES string of the molecule is CCOc1ccccc1CNC(C)CC(=O)Nc1ccccc1C(F)(F)F. The summed E-state index contributed by atoms with van der Waals surface area (Å²) in [6.45, 7) is 4.74. The number of carbonyl (C=O) groups excluding carboxylic acids is 1. The van der Waals surface area contributed by atoms with Gasteiger partial charge in [0.05, 0.1) is 17.9 Å². The van der Waals surface area contributed by atoms with Crippen LogP contribution in [-0.4, -0.2) is 18.6 Å². The number of para-hydroxylation sites is 2. The molecule has 0 saturated carbocycles. The van der Waals surface area contributed by atoms with E-state index in [4.69, 9.17) is 4.74 Å². The first kappa shape index (κ1) is 20.8. The molecule has 0 saturated heterocycles. The Bertz CT molecular complexity index is 763. The summed E-state index contributed by atoms with van der Waals surface area (Å²) in [5.41, 5.74) is -0.137. The Morgan fingerprint density at radius 1 is 1.11 bits per heavy atom. The van der Waals surface area contributed by atoms with Crippen LogP contribution in [0.5, 0.6) is 5.75 Å². The van der Waals surface area contributed by atoms with E-state index in [2.05, 4.69) is 10.6 Å². The highest BCUT2D eigenvalue weighted by Crippen LogP contribution is 2.34. The summed E-state index contributed by atoms with van der Waals surface area (Å²) in [6, 6.07) is 12.3. The molecule has 0 heterocycles. The molecule has 0 aliphatic rings. The van der Waals surface area contributed by atoms with Crippen molar-refractivity contribution in [2.45, 2.75) is 39.0 Å². The van der Waals surface area contributed by atoms with Crippen molar-refractivity contribution in [1.29, 1.82) is 0 Å². The van der Waals surface area contributed by atoms with Crippen molar-refractivity contribution < 1.29 is 22.7 Å². The van der Waals surface area contributed by atoms with E-state index in [0.29, 0.717) is 13.2 Å². The number of anilines is 1. The summed E-state index contributed by atoms with van der Waals surface area (Å²) in [5.74, 6) is 0.285. The number of amides is 1. The first-order valence-electron chi connectivity index (χ1n) is 8.71. The standard InChI is InChI=1S/C20H23F3N2O2/c1-3-27-18-11-7-4-8-15(18)13-24-14(2)12-19(26)25-17-10-6-5-9-16(17)20(21,22)23/h4-11,14,24H,3,12-13H2,1-2H3,(H,25,26). The summed E-state index contributed by atoms with van der Waals surface area (Å²) < 4.78 is 44.5. The Balaban J connectivity index is 1.92. The lowest BCUT2D eigenvalue weighted by atomic mass is 10.1. The molecule has 4 nitrogen and oxygen atoms in total. The molecule has 0 bridgehead atoms. The van der Waals surface area contributed by atoms with Gasteiger partial charge in [0.15, 0.2) is 0 Å². The fourth-order valence-corrected chi connectivity index (χ4v) is 2.62. The lowest BCUT2D eigenvalue weighted by Gasteiger charge is -2.17. The highest BCUT2D eigenvalue weighted by molar-refractivity contribution is 5.92. The second-order valence-electron chi connectivity index (χ2n) is 6.12. The summed E-state index contributed by atoms with van der Waals surface area (Å²) >= 11 is 0. The fraction of sp³-hybridized carbons (Fsp3) is 0.350. The maximum absolute atomic E-state index is 13.0. The minimum Gasteiger partial charge on any atom is -0.494 e. The smallest absolute Gasteiger partial charge is 0.418 e. The van der Waals surface area contributed by atoms with Crippen LogP contribution in [0.4, 0.5) is 18.9 Å². The number of carbonyl (C=O) groups is 1. The first-order chi connectivity index (χ1) is 12.8. The van der Waals surface area contributed by atoms with Crippen molar-refractivity contribution in [3.63, 3.8) is 0 Å². The molecule has 0 aliphatic heterocycles. The average Bonchev–Trinajstić information content (AvgIpc) is 2.60. The van der Waals surface area contributed by atoms with Crippen LogP contribution in [0.2, 0.25) is 0 Å². The highest BCUT2D eigenvalue weighted by atomic mass is 19.4. The number of alkyl halides is 3. The zero-order chi connectivity index (χ0) is 19.9. The van der Waals surface area contributed by atoms with Gasteiger partial charge in [-0.25, -0.2) is 0 Å². The van der Waals surface area contributed by atoms with Crippen LogP contribution in [0.25, 0.3) is 0 Å². The largest absolute Gasteiger partial charge is 0.494 e. The Labute approximate surface area is 156 Å². The molecule has 0 radical (unpaired) electrons. The number of hydrogen-bond donors (Lipinski definition) is 2. The topological polar surface area (TPSA) is 50.4 Å². The Morgan fingerprint density at radius 3 is 2.48 bits per heavy atom. The molecule has 0 fully saturated rings. The van der Waals surface area contributed by atoms with Gasteiger partial charge in [0.2, 0.25) is 5.91 Å². The van der Waals surface area contributed by atoms with Gasteiger partial charge in [-0.2, -0.15) is 13.2 Å². The van der Waals surface area contributed by atoms with Gasteiger partial charge in [0.1, 0.15) is 5.75 Å². The quantitative estimate of drug-likeness (QED) is 0.703. The van der Waals surface area contributed by atoms with Crippen LogP contribution in [0, 0.1) is 0 Å². The van der Waals surface area contributed by atoms with Gasteiger partial charge in [-0.3, -0.25) is 4.79 Å². The molecule has 0 aromatic heterocycles. The maximum Gasteiger partial charge on any atom is 0.418 e. The average molecular weight is 380 g/mol. The summed E-state index contributed by atoms with van der Waals surface area (Å²) in [5, 5.41) is 5.55. The number of rotatable bonds is 8. The van der Waals surface area contributed by atoms with E-state index in [1.54, 1.807) is 6.92 Å². The van der Waals surface area contributed by atoms with E-state index >= 15 is 0 Å². The molecule has 2 aromatic rings. The van der Waals surface area contributed by atoms with Crippen LogP contribution in [-0.2, 0) is 17.5 Å². The minimum atomic E-state index is -4.52. The van der Waals surface area contributed by atoms with E-state index in [-0.39, 0.29) is 18.2 Å². The van der Waals surface area contributed by atoms with Gasteiger partial charge in [-0.1, -0.05) is 30.3 Å². The third-order valence-corrected chi connectivity index (χ3v) is 3.91. The zero-order valence-corrected chi connectivity index (χ0v) is 15.3. The van der Waals surface area contributed by atoms with Crippen LogP contribution >= 0.6 is 0 Å². The predicted molar refractivity (Wildman–Crippen MR) is 98.6 cm³/mol. The lowest BCUT2D eigenvalue weighted by Crippen LogP contribution is -2.30. The van der Waals surface area contributed by atoms with E-state index in [0.717, 1.165) is 17.4 Å². The minimum absolute atomic E-state index is 0.0446. The third-order valence-electron chi connectivity index (χ3n) is 3.91. The maximum atomic E-state index is 13.0. The monoisotopic (exact) mass is 380 g/mol. The van der Waals surface area contributed by atoms with Crippen molar-refractivity contribution in [3.8, 4) is 5.75 Å². The fourth-order valence-electron chi connectivity index (χ4n) is 2.62. The molecular weight excluding hydrogens is 357 g/mol. The van der Waals surface area contributed by atoms with Gasteiger partial charge < -0.3 is 15.4 Å². The van der Waals surface area contributed by atoms with Crippen LogP contribution in [0.3, 0.4) is 0 Å². The molecule has 1 amide bonds. The number of halogens is 3. The number of benzene rings is 2. The van der Waals surface area contributed by atoms with Crippen molar-refractivity contribution in [2.24, 2.45) is 0 Å². The normalized spacial score (nSPS) is 12.5. The molecule has 2 aromatic carbocycles. The Hall–Kier alpha value is -2.54. The second-order valence-corrected chi connectivity index (χ2v) is 6.12. The van der Waals surface area contributed by atoms with Crippen molar-refractivity contribution >= 4 is 11.6 Å².